The fourth-order valence-corrected chi connectivity index (χ4v) is 2.64. The predicted octanol–water partition coefficient (Wildman–Crippen LogP) is 5.59. The van der Waals surface area contributed by atoms with Crippen molar-refractivity contribution in [2.75, 3.05) is 0 Å². The minimum absolute atomic E-state index is 0.282. The van der Waals surface area contributed by atoms with Crippen molar-refractivity contribution in [1.82, 2.24) is 5.16 Å². The summed E-state index contributed by atoms with van der Waals surface area (Å²) in [5, 5.41) is 12.8. The van der Waals surface area contributed by atoms with Crippen molar-refractivity contribution in [1.29, 1.82) is 5.26 Å². The van der Waals surface area contributed by atoms with Crippen molar-refractivity contribution in [2.24, 2.45) is 5.92 Å². The third kappa shape index (κ3) is 8.55. The zero-order valence-electron chi connectivity index (χ0n) is 13.7. The lowest BCUT2D eigenvalue weighted by Gasteiger charge is -2.05. The molecule has 1 rings (SSSR count). The lowest BCUT2D eigenvalue weighted by molar-refractivity contribution is 0.375. The number of aryl methyl sites for hydroxylation is 2. The molecule has 0 radical (unpaired) electrons. The van der Waals surface area contributed by atoms with Gasteiger partial charge in [-0.3, -0.25) is 0 Å². The van der Waals surface area contributed by atoms with Crippen LogP contribution in [0.15, 0.2) is 10.6 Å². The fraction of sp³-hybridized carbons (Fsp3) is 0.778. The molecule has 1 unspecified atom stereocenters. The molecular weight excluding hydrogens is 260 g/mol. The molecule has 21 heavy (non-hydrogen) atoms. The van der Waals surface area contributed by atoms with Crippen LogP contribution in [-0.4, -0.2) is 5.16 Å². The molecule has 0 aromatic carbocycles. The summed E-state index contributed by atoms with van der Waals surface area (Å²) in [4.78, 5) is 0. The molecule has 0 spiro atoms. The summed E-state index contributed by atoms with van der Waals surface area (Å²) in [5.74, 6) is 1.31. The SMILES string of the molecule is CCC(C#N)CCCCCCCCCCc1cc(C)no1. The van der Waals surface area contributed by atoms with Gasteiger partial charge in [0.05, 0.1) is 11.8 Å². The Kier molecular flexibility index (Phi) is 9.61. The molecule has 0 aliphatic heterocycles. The summed E-state index contributed by atoms with van der Waals surface area (Å²) in [7, 11) is 0. The van der Waals surface area contributed by atoms with Crippen LogP contribution in [0.3, 0.4) is 0 Å². The van der Waals surface area contributed by atoms with Crippen LogP contribution in [0.1, 0.15) is 82.6 Å². The van der Waals surface area contributed by atoms with Crippen LogP contribution in [0.4, 0.5) is 0 Å². The van der Waals surface area contributed by atoms with Gasteiger partial charge in [-0.05, 0) is 26.2 Å². The molecule has 0 saturated carbocycles. The highest BCUT2D eigenvalue weighted by atomic mass is 16.5. The number of hydrogen-bond donors (Lipinski definition) is 0. The van der Waals surface area contributed by atoms with Gasteiger partial charge in [-0.2, -0.15) is 5.26 Å². The smallest absolute Gasteiger partial charge is 0.136 e. The van der Waals surface area contributed by atoms with E-state index < -0.39 is 0 Å². The Morgan fingerprint density at radius 3 is 2.24 bits per heavy atom. The molecular formula is C18H30N2O. The van der Waals surface area contributed by atoms with Gasteiger partial charge in [0.25, 0.3) is 0 Å². The van der Waals surface area contributed by atoms with E-state index in [1.165, 1.54) is 51.4 Å². The van der Waals surface area contributed by atoms with E-state index in [-0.39, 0.29) is 5.92 Å². The van der Waals surface area contributed by atoms with Gasteiger partial charge in [0.15, 0.2) is 0 Å². The van der Waals surface area contributed by atoms with Crippen molar-refractivity contribution in [3.05, 3.63) is 17.5 Å². The Morgan fingerprint density at radius 1 is 1.10 bits per heavy atom. The largest absolute Gasteiger partial charge is 0.361 e. The molecule has 0 amide bonds. The maximum absolute atomic E-state index is 8.87. The quantitative estimate of drug-likeness (QED) is 0.472. The fourth-order valence-electron chi connectivity index (χ4n) is 2.64. The van der Waals surface area contributed by atoms with Crippen LogP contribution < -0.4 is 0 Å². The monoisotopic (exact) mass is 290 g/mol. The van der Waals surface area contributed by atoms with Crippen molar-refractivity contribution in [2.45, 2.75) is 84.5 Å². The minimum atomic E-state index is 0.282. The van der Waals surface area contributed by atoms with Gasteiger partial charge in [-0.1, -0.05) is 57.0 Å². The van der Waals surface area contributed by atoms with E-state index in [9.17, 15) is 0 Å². The number of hydrogen-bond acceptors (Lipinski definition) is 3. The molecule has 0 fully saturated rings. The van der Waals surface area contributed by atoms with Gasteiger partial charge in [-0.25, -0.2) is 0 Å². The van der Waals surface area contributed by atoms with E-state index in [1.54, 1.807) is 0 Å². The first-order chi connectivity index (χ1) is 10.3. The molecule has 118 valence electrons. The summed E-state index contributed by atoms with van der Waals surface area (Å²) in [6, 6.07) is 4.41. The first-order valence-corrected chi connectivity index (χ1v) is 8.58. The van der Waals surface area contributed by atoms with Crippen molar-refractivity contribution in [3.63, 3.8) is 0 Å². The van der Waals surface area contributed by atoms with E-state index in [4.69, 9.17) is 9.78 Å². The number of aromatic nitrogens is 1. The second-order valence-electron chi connectivity index (χ2n) is 6.04. The molecule has 1 atom stereocenters. The Morgan fingerprint density at radius 2 is 1.71 bits per heavy atom. The number of unbranched alkanes of at least 4 members (excludes halogenated alkanes) is 7. The molecule has 1 heterocycles. The second kappa shape index (κ2) is 11.4. The van der Waals surface area contributed by atoms with E-state index in [0.29, 0.717) is 0 Å². The number of rotatable bonds is 12. The maximum Gasteiger partial charge on any atom is 0.136 e. The summed E-state index contributed by atoms with van der Waals surface area (Å²) in [6.45, 7) is 4.07. The van der Waals surface area contributed by atoms with Gasteiger partial charge in [-0.15, -0.1) is 0 Å². The molecule has 1 aromatic heterocycles. The summed E-state index contributed by atoms with van der Waals surface area (Å²) in [6.07, 6.45) is 13.4. The molecule has 0 aliphatic rings. The molecule has 0 aliphatic carbocycles. The maximum atomic E-state index is 8.87. The summed E-state index contributed by atoms with van der Waals surface area (Å²) < 4.78 is 5.20. The third-order valence-electron chi connectivity index (χ3n) is 4.08. The average molecular weight is 290 g/mol. The van der Waals surface area contributed by atoms with Crippen LogP contribution in [0.25, 0.3) is 0 Å². The van der Waals surface area contributed by atoms with Gasteiger partial charge >= 0.3 is 0 Å². The zero-order valence-corrected chi connectivity index (χ0v) is 13.7. The second-order valence-corrected chi connectivity index (χ2v) is 6.04. The van der Waals surface area contributed by atoms with Gasteiger partial charge in [0, 0.05) is 18.4 Å². The van der Waals surface area contributed by atoms with Crippen LogP contribution >= 0.6 is 0 Å². The minimum Gasteiger partial charge on any atom is -0.361 e. The normalized spacial score (nSPS) is 12.2. The molecule has 1 aromatic rings. The van der Waals surface area contributed by atoms with E-state index in [1.807, 2.05) is 13.0 Å². The van der Waals surface area contributed by atoms with Crippen LogP contribution in [0, 0.1) is 24.2 Å². The van der Waals surface area contributed by atoms with Gasteiger partial charge in [0.2, 0.25) is 0 Å². The van der Waals surface area contributed by atoms with Crippen LogP contribution in [0.2, 0.25) is 0 Å². The van der Waals surface area contributed by atoms with Crippen molar-refractivity contribution < 1.29 is 4.52 Å². The molecule has 0 N–H and O–H groups in total. The highest BCUT2D eigenvalue weighted by Crippen LogP contribution is 2.15. The standard InChI is InChI=1S/C18H30N2O/c1-3-17(15-19)12-10-8-6-4-5-7-9-11-13-18-14-16(2)20-21-18/h14,17H,3-13H2,1-2H3. The molecule has 0 saturated heterocycles. The number of nitrogens with zero attached hydrogens (tertiary/aromatic N) is 2. The van der Waals surface area contributed by atoms with E-state index >= 15 is 0 Å². The lowest BCUT2D eigenvalue weighted by atomic mass is 9.99. The first-order valence-electron chi connectivity index (χ1n) is 8.58. The highest BCUT2D eigenvalue weighted by molar-refractivity contribution is 5.02. The van der Waals surface area contributed by atoms with Crippen molar-refractivity contribution in [3.8, 4) is 6.07 Å². The van der Waals surface area contributed by atoms with Gasteiger partial charge < -0.3 is 4.52 Å². The Balaban J connectivity index is 1.84. The van der Waals surface area contributed by atoms with Crippen LogP contribution in [0.5, 0.6) is 0 Å². The zero-order chi connectivity index (χ0) is 15.3. The molecule has 3 nitrogen and oxygen atoms in total. The van der Waals surface area contributed by atoms with E-state index in [0.717, 1.165) is 30.7 Å². The highest BCUT2D eigenvalue weighted by Gasteiger charge is 2.03. The van der Waals surface area contributed by atoms with Crippen molar-refractivity contribution >= 4 is 0 Å². The summed E-state index contributed by atoms with van der Waals surface area (Å²) >= 11 is 0. The number of nitriles is 1. The average Bonchev–Trinajstić information content (AvgIpc) is 2.90. The van der Waals surface area contributed by atoms with Crippen LogP contribution in [-0.2, 0) is 6.42 Å². The van der Waals surface area contributed by atoms with Gasteiger partial charge in [0.1, 0.15) is 5.76 Å². The Hall–Kier alpha value is -1.30. The predicted molar refractivity (Wildman–Crippen MR) is 85.9 cm³/mol. The first kappa shape index (κ1) is 17.8. The Labute approximate surface area is 129 Å². The Bertz CT molecular complexity index is 406. The summed E-state index contributed by atoms with van der Waals surface area (Å²) in [5.41, 5.74) is 0.978. The van der Waals surface area contributed by atoms with E-state index in [2.05, 4.69) is 18.1 Å². The molecule has 3 heteroatoms. The topological polar surface area (TPSA) is 49.8 Å². The third-order valence-corrected chi connectivity index (χ3v) is 4.08. The molecule has 0 bridgehead atoms. The lowest BCUT2D eigenvalue weighted by Crippen LogP contribution is -1.94.